The Hall–Kier alpha value is -3.28. The first-order valence-corrected chi connectivity index (χ1v) is 8.68. The number of imidazole rings is 1. The number of carbonyl (C=O) groups is 1. The van der Waals surface area contributed by atoms with Gasteiger partial charge in [-0.3, -0.25) is 4.79 Å². The number of amides is 1. The van der Waals surface area contributed by atoms with Gasteiger partial charge in [0.05, 0.1) is 26.6 Å². The van der Waals surface area contributed by atoms with E-state index in [0.29, 0.717) is 11.3 Å². The van der Waals surface area contributed by atoms with Gasteiger partial charge in [-0.2, -0.15) is 0 Å². The summed E-state index contributed by atoms with van der Waals surface area (Å²) in [7, 11) is 3.22. The van der Waals surface area contributed by atoms with Crippen LogP contribution in [0.5, 0.6) is 11.5 Å². The lowest BCUT2D eigenvalue weighted by Crippen LogP contribution is -2.27. The van der Waals surface area contributed by atoms with E-state index in [0.717, 1.165) is 23.4 Å². The Labute approximate surface area is 158 Å². The molecule has 0 aliphatic carbocycles. The largest absolute Gasteiger partial charge is 0.497 e. The van der Waals surface area contributed by atoms with Crippen molar-refractivity contribution in [2.75, 3.05) is 14.2 Å². The van der Waals surface area contributed by atoms with Crippen LogP contribution in [0.25, 0.3) is 0 Å². The molecule has 27 heavy (non-hydrogen) atoms. The van der Waals surface area contributed by atoms with Gasteiger partial charge in [0.25, 0.3) is 5.91 Å². The molecule has 0 fully saturated rings. The zero-order chi connectivity index (χ0) is 19.2. The second kappa shape index (κ2) is 8.40. The van der Waals surface area contributed by atoms with Crippen molar-refractivity contribution in [1.82, 2.24) is 14.9 Å². The first kappa shape index (κ1) is 18.5. The van der Waals surface area contributed by atoms with Gasteiger partial charge in [-0.1, -0.05) is 12.1 Å². The van der Waals surface area contributed by atoms with Crippen molar-refractivity contribution < 1.29 is 14.3 Å². The number of hydrogen-bond acceptors (Lipinski definition) is 4. The van der Waals surface area contributed by atoms with Crippen LogP contribution < -0.4 is 14.8 Å². The van der Waals surface area contributed by atoms with Gasteiger partial charge in [0.15, 0.2) is 0 Å². The van der Waals surface area contributed by atoms with Crippen molar-refractivity contribution in [3.8, 4) is 11.5 Å². The minimum absolute atomic E-state index is 0.137. The molecule has 1 N–H and O–H groups in total. The maximum absolute atomic E-state index is 12.6. The van der Waals surface area contributed by atoms with Crippen LogP contribution >= 0.6 is 0 Å². The molecule has 3 aromatic rings. The summed E-state index contributed by atoms with van der Waals surface area (Å²) >= 11 is 0. The lowest BCUT2D eigenvalue weighted by molar-refractivity contribution is 0.0939. The predicted molar refractivity (Wildman–Crippen MR) is 103 cm³/mol. The zero-order valence-corrected chi connectivity index (χ0v) is 15.7. The molecule has 1 atom stereocenters. The fraction of sp³-hybridized carbons (Fsp3) is 0.238. The van der Waals surface area contributed by atoms with Crippen LogP contribution in [0.1, 0.15) is 34.5 Å². The highest BCUT2D eigenvalue weighted by atomic mass is 16.5. The molecule has 140 valence electrons. The van der Waals surface area contributed by atoms with Gasteiger partial charge in [0.2, 0.25) is 0 Å². The van der Waals surface area contributed by atoms with Gasteiger partial charge in [0.1, 0.15) is 11.5 Å². The van der Waals surface area contributed by atoms with Gasteiger partial charge in [-0.15, -0.1) is 0 Å². The first-order chi connectivity index (χ1) is 13.1. The summed E-state index contributed by atoms with van der Waals surface area (Å²) in [5, 5.41) is 3.01. The van der Waals surface area contributed by atoms with E-state index < -0.39 is 0 Å². The number of rotatable bonds is 7. The third kappa shape index (κ3) is 4.47. The fourth-order valence-electron chi connectivity index (χ4n) is 2.89. The molecular weight excluding hydrogens is 342 g/mol. The Morgan fingerprint density at radius 1 is 1.15 bits per heavy atom. The lowest BCUT2D eigenvalue weighted by Gasteiger charge is -2.18. The highest BCUT2D eigenvalue weighted by Gasteiger charge is 2.16. The summed E-state index contributed by atoms with van der Waals surface area (Å²) in [6, 6.07) is 12.9. The molecule has 0 radical (unpaired) electrons. The average Bonchev–Trinajstić information content (AvgIpc) is 3.21. The third-order valence-corrected chi connectivity index (χ3v) is 4.39. The van der Waals surface area contributed by atoms with Gasteiger partial charge >= 0.3 is 0 Å². The summed E-state index contributed by atoms with van der Waals surface area (Å²) in [4.78, 5) is 16.6. The summed E-state index contributed by atoms with van der Waals surface area (Å²) in [6.07, 6.45) is 5.42. The molecule has 1 amide bonds. The Morgan fingerprint density at radius 3 is 2.56 bits per heavy atom. The molecule has 0 spiro atoms. The highest BCUT2D eigenvalue weighted by Crippen LogP contribution is 2.29. The topological polar surface area (TPSA) is 65.4 Å². The van der Waals surface area contributed by atoms with Gasteiger partial charge in [-0.05, 0) is 42.8 Å². The zero-order valence-electron chi connectivity index (χ0n) is 15.7. The fourth-order valence-corrected chi connectivity index (χ4v) is 2.89. The lowest BCUT2D eigenvalue weighted by atomic mass is 10.1. The minimum atomic E-state index is -0.229. The first-order valence-electron chi connectivity index (χ1n) is 8.68. The maximum atomic E-state index is 12.6. The maximum Gasteiger partial charge on any atom is 0.251 e. The van der Waals surface area contributed by atoms with Crippen LogP contribution in [0.4, 0.5) is 0 Å². The molecule has 0 aliphatic rings. The monoisotopic (exact) mass is 365 g/mol. The molecule has 6 nitrogen and oxygen atoms in total. The van der Waals surface area contributed by atoms with E-state index in [9.17, 15) is 4.79 Å². The number of aromatic nitrogens is 2. The number of benzene rings is 2. The molecule has 3 rings (SSSR count). The Kier molecular flexibility index (Phi) is 5.76. The van der Waals surface area contributed by atoms with Crippen LogP contribution in [0.3, 0.4) is 0 Å². The van der Waals surface area contributed by atoms with Crippen LogP contribution in [0.2, 0.25) is 0 Å². The number of methoxy groups -OCH3 is 2. The summed E-state index contributed by atoms with van der Waals surface area (Å²) in [5.41, 5.74) is 2.58. The number of nitrogens with zero attached hydrogens (tertiary/aromatic N) is 2. The normalized spacial score (nSPS) is 11.7. The van der Waals surface area contributed by atoms with Crippen molar-refractivity contribution in [3.05, 3.63) is 77.9 Å². The number of ether oxygens (including phenoxy) is 2. The standard InChI is InChI=1S/C21H23N3O3/c1-15(19-12-18(26-2)8-9-20(19)27-3)23-21(25)17-6-4-16(5-7-17)13-24-11-10-22-14-24/h4-12,14-15H,13H2,1-3H3,(H,23,25)/t15-/m0/s1. The van der Waals surface area contributed by atoms with Gasteiger partial charge in [-0.25, -0.2) is 4.98 Å². The smallest absolute Gasteiger partial charge is 0.251 e. The van der Waals surface area contributed by atoms with Crippen molar-refractivity contribution in [1.29, 1.82) is 0 Å². The van der Waals surface area contributed by atoms with Gasteiger partial charge < -0.3 is 19.4 Å². The van der Waals surface area contributed by atoms with E-state index in [1.54, 1.807) is 26.7 Å². The molecule has 0 unspecified atom stereocenters. The van der Waals surface area contributed by atoms with Crippen LogP contribution in [0, 0.1) is 0 Å². The molecule has 0 bridgehead atoms. The van der Waals surface area contributed by atoms with Crippen LogP contribution in [-0.2, 0) is 6.54 Å². The Morgan fingerprint density at radius 2 is 1.93 bits per heavy atom. The van der Waals surface area contributed by atoms with E-state index in [2.05, 4.69) is 10.3 Å². The molecule has 0 saturated heterocycles. The molecule has 1 heterocycles. The number of nitrogens with one attached hydrogen (secondary N) is 1. The second-order valence-electron chi connectivity index (χ2n) is 6.23. The van der Waals surface area contributed by atoms with Crippen molar-refractivity contribution in [2.24, 2.45) is 0 Å². The van der Waals surface area contributed by atoms with Crippen molar-refractivity contribution in [2.45, 2.75) is 19.5 Å². The van der Waals surface area contributed by atoms with Gasteiger partial charge in [0, 0.05) is 30.1 Å². The number of hydrogen-bond donors (Lipinski definition) is 1. The summed E-state index contributed by atoms with van der Waals surface area (Å²) in [5.74, 6) is 1.29. The second-order valence-corrected chi connectivity index (χ2v) is 6.23. The highest BCUT2D eigenvalue weighted by molar-refractivity contribution is 5.94. The quantitative estimate of drug-likeness (QED) is 0.697. The van der Waals surface area contributed by atoms with Crippen molar-refractivity contribution >= 4 is 5.91 Å². The predicted octanol–water partition coefficient (Wildman–Crippen LogP) is 3.44. The molecule has 2 aromatic carbocycles. The third-order valence-electron chi connectivity index (χ3n) is 4.39. The Bertz CT molecular complexity index is 890. The van der Waals surface area contributed by atoms with E-state index in [1.807, 2.05) is 60.2 Å². The van der Waals surface area contributed by atoms with E-state index in [4.69, 9.17) is 9.47 Å². The number of carbonyl (C=O) groups excluding carboxylic acids is 1. The average molecular weight is 365 g/mol. The summed E-state index contributed by atoms with van der Waals surface area (Å²) < 4.78 is 12.7. The van der Waals surface area contributed by atoms with Crippen molar-refractivity contribution in [3.63, 3.8) is 0 Å². The summed E-state index contributed by atoms with van der Waals surface area (Å²) in [6.45, 7) is 2.64. The SMILES string of the molecule is COc1ccc(OC)c([C@H](C)NC(=O)c2ccc(Cn3ccnc3)cc2)c1. The molecular formula is C21H23N3O3. The molecule has 0 aliphatic heterocycles. The molecule has 1 aromatic heterocycles. The van der Waals surface area contributed by atoms with Crippen LogP contribution in [0.15, 0.2) is 61.2 Å². The molecule has 6 heteroatoms. The van der Waals surface area contributed by atoms with E-state index in [-0.39, 0.29) is 11.9 Å². The van der Waals surface area contributed by atoms with E-state index >= 15 is 0 Å². The van der Waals surface area contributed by atoms with Crippen LogP contribution in [-0.4, -0.2) is 29.7 Å². The Balaban J connectivity index is 1.69. The molecule has 0 saturated carbocycles. The minimum Gasteiger partial charge on any atom is -0.497 e. The van der Waals surface area contributed by atoms with E-state index in [1.165, 1.54) is 0 Å².